The van der Waals surface area contributed by atoms with Crippen LogP contribution in [0.3, 0.4) is 0 Å². The van der Waals surface area contributed by atoms with Crippen LogP contribution >= 0.6 is 43.5 Å². The first-order valence-electron chi connectivity index (χ1n) is 5.58. The third-order valence-corrected chi connectivity index (χ3v) is 4.09. The van der Waals surface area contributed by atoms with Gasteiger partial charge < -0.3 is 9.84 Å². The summed E-state index contributed by atoms with van der Waals surface area (Å²) in [6.45, 7) is 1.72. The molecule has 5 heteroatoms. The van der Waals surface area contributed by atoms with Gasteiger partial charge in [-0.2, -0.15) is 0 Å². The minimum absolute atomic E-state index is 0.523. The Hall–Kier alpha value is -0.550. The van der Waals surface area contributed by atoms with Crippen LogP contribution in [0, 0.1) is 0 Å². The molecule has 0 heterocycles. The van der Waals surface area contributed by atoms with E-state index in [2.05, 4.69) is 31.9 Å². The quantitative estimate of drug-likeness (QED) is 0.707. The Morgan fingerprint density at radius 3 is 2.42 bits per heavy atom. The average Bonchev–Trinajstić information content (AvgIpc) is 2.32. The second-order valence-corrected chi connectivity index (χ2v) is 6.18. The van der Waals surface area contributed by atoms with Gasteiger partial charge in [-0.1, -0.05) is 33.6 Å². The second kappa shape index (κ2) is 6.27. The van der Waals surface area contributed by atoms with Gasteiger partial charge in [0.05, 0.1) is 10.6 Å². The van der Waals surface area contributed by atoms with Crippen molar-refractivity contribution >= 4 is 43.5 Å². The smallest absolute Gasteiger partial charge is 0.141 e. The number of aliphatic hydroxyl groups excluding tert-OH is 1. The van der Waals surface area contributed by atoms with Crippen molar-refractivity contribution in [1.82, 2.24) is 0 Å². The molecule has 0 aliphatic carbocycles. The van der Waals surface area contributed by atoms with Crippen molar-refractivity contribution in [1.29, 1.82) is 0 Å². The third kappa shape index (κ3) is 3.72. The highest BCUT2D eigenvalue weighted by Crippen LogP contribution is 2.34. The Morgan fingerprint density at radius 2 is 1.84 bits per heavy atom. The van der Waals surface area contributed by atoms with Gasteiger partial charge in [0.2, 0.25) is 0 Å². The number of aliphatic hydroxyl groups is 1. The van der Waals surface area contributed by atoms with Crippen LogP contribution < -0.4 is 4.74 Å². The molecule has 2 rings (SSSR count). The Kier molecular flexibility index (Phi) is 4.90. The highest BCUT2D eigenvalue weighted by atomic mass is 79.9. The molecule has 0 amide bonds. The highest BCUT2D eigenvalue weighted by molar-refractivity contribution is 9.10. The zero-order chi connectivity index (χ0) is 14.0. The molecular formula is C14H11Br2ClO2. The maximum atomic E-state index is 9.57. The maximum Gasteiger partial charge on any atom is 0.141 e. The lowest BCUT2D eigenvalue weighted by Crippen LogP contribution is -1.93. The molecule has 1 atom stereocenters. The first kappa shape index (κ1) is 14.9. The van der Waals surface area contributed by atoms with Crippen molar-refractivity contribution in [2.75, 3.05) is 0 Å². The van der Waals surface area contributed by atoms with E-state index in [-0.39, 0.29) is 0 Å². The van der Waals surface area contributed by atoms with Crippen LogP contribution in [0.25, 0.3) is 0 Å². The Labute approximate surface area is 133 Å². The van der Waals surface area contributed by atoms with Crippen molar-refractivity contribution in [2.24, 2.45) is 0 Å². The van der Waals surface area contributed by atoms with Crippen molar-refractivity contribution in [3.05, 3.63) is 55.9 Å². The molecular weight excluding hydrogens is 395 g/mol. The molecule has 0 fully saturated rings. The highest BCUT2D eigenvalue weighted by Gasteiger charge is 2.09. The molecule has 100 valence electrons. The number of benzene rings is 2. The van der Waals surface area contributed by atoms with E-state index in [9.17, 15) is 5.11 Å². The Balaban J connectivity index is 2.26. The number of hydrogen-bond donors (Lipinski definition) is 1. The standard InChI is InChI=1S/C14H11Br2ClO2/c1-8(18)11-4-3-10(7-12(11)15)19-14-5-2-9(17)6-13(14)16/h2-8,18H,1H3. The van der Waals surface area contributed by atoms with Gasteiger partial charge in [-0.15, -0.1) is 0 Å². The molecule has 1 unspecified atom stereocenters. The minimum atomic E-state index is -0.523. The van der Waals surface area contributed by atoms with Gasteiger partial charge in [-0.05, 0) is 58.7 Å². The monoisotopic (exact) mass is 404 g/mol. The molecule has 2 nitrogen and oxygen atoms in total. The fourth-order valence-corrected chi connectivity index (χ4v) is 3.05. The van der Waals surface area contributed by atoms with E-state index in [1.165, 1.54) is 0 Å². The summed E-state index contributed by atoms with van der Waals surface area (Å²) in [5.74, 6) is 1.36. The topological polar surface area (TPSA) is 29.5 Å². The Morgan fingerprint density at radius 1 is 1.11 bits per heavy atom. The second-order valence-electron chi connectivity index (χ2n) is 4.04. The molecule has 2 aromatic carbocycles. The van der Waals surface area contributed by atoms with Crippen LogP contribution in [-0.2, 0) is 0 Å². The van der Waals surface area contributed by atoms with E-state index in [4.69, 9.17) is 16.3 Å². The summed E-state index contributed by atoms with van der Waals surface area (Å²) in [4.78, 5) is 0. The molecule has 19 heavy (non-hydrogen) atoms. The van der Waals surface area contributed by atoms with Gasteiger partial charge in [-0.25, -0.2) is 0 Å². The largest absolute Gasteiger partial charge is 0.456 e. The molecule has 1 N–H and O–H groups in total. The van der Waals surface area contributed by atoms with Gasteiger partial charge in [0, 0.05) is 9.50 Å². The van der Waals surface area contributed by atoms with E-state index >= 15 is 0 Å². The van der Waals surface area contributed by atoms with Crippen LogP contribution in [0.5, 0.6) is 11.5 Å². The lowest BCUT2D eigenvalue weighted by Gasteiger charge is -2.11. The zero-order valence-electron chi connectivity index (χ0n) is 10.0. The summed E-state index contributed by atoms with van der Waals surface area (Å²) in [6, 6.07) is 10.8. The van der Waals surface area contributed by atoms with Crippen LogP contribution in [0.4, 0.5) is 0 Å². The molecule has 0 saturated carbocycles. The first-order chi connectivity index (χ1) is 8.97. The van der Waals surface area contributed by atoms with E-state index < -0.39 is 6.10 Å². The van der Waals surface area contributed by atoms with Crippen molar-refractivity contribution in [3.63, 3.8) is 0 Å². The molecule has 0 aromatic heterocycles. The maximum absolute atomic E-state index is 9.57. The molecule has 0 spiro atoms. The number of hydrogen-bond acceptors (Lipinski definition) is 2. The zero-order valence-corrected chi connectivity index (χ0v) is 14.0. The molecule has 0 radical (unpaired) electrons. The Bertz CT molecular complexity index is 600. The van der Waals surface area contributed by atoms with E-state index in [1.807, 2.05) is 18.2 Å². The van der Waals surface area contributed by atoms with Crippen molar-refractivity contribution in [2.45, 2.75) is 13.0 Å². The summed E-state index contributed by atoms with van der Waals surface area (Å²) in [7, 11) is 0. The predicted molar refractivity (Wildman–Crippen MR) is 84.0 cm³/mol. The first-order valence-corrected chi connectivity index (χ1v) is 7.54. The minimum Gasteiger partial charge on any atom is -0.456 e. The SMILES string of the molecule is CC(O)c1ccc(Oc2ccc(Cl)cc2Br)cc1Br. The van der Waals surface area contributed by atoms with E-state index in [1.54, 1.807) is 25.1 Å². The normalized spacial score (nSPS) is 12.3. The van der Waals surface area contributed by atoms with Crippen molar-refractivity contribution < 1.29 is 9.84 Å². The number of halogens is 3. The fourth-order valence-electron chi connectivity index (χ4n) is 1.60. The number of rotatable bonds is 3. The summed E-state index contributed by atoms with van der Waals surface area (Å²) < 4.78 is 7.36. The molecule has 2 aromatic rings. The summed E-state index contributed by atoms with van der Waals surface area (Å²) in [5, 5.41) is 10.2. The van der Waals surface area contributed by atoms with Crippen LogP contribution in [0.15, 0.2) is 45.3 Å². The van der Waals surface area contributed by atoms with Gasteiger partial charge in [-0.3, -0.25) is 0 Å². The van der Waals surface area contributed by atoms with Crippen LogP contribution in [0.1, 0.15) is 18.6 Å². The van der Waals surface area contributed by atoms with Gasteiger partial charge in [0.25, 0.3) is 0 Å². The lowest BCUT2D eigenvalue weighted by atomic mass is 10.1. The number of ether oxygens (including phenoxy) is 1. The van der Waals surface area contributed by atoms with E-state index in [0.717, 1.165) is 14.5 Å². The molecule has 0 bridgehead atoms. The van der Waals surface area contributed by atoms with Gasteiger partial charge >= 0.3 is 0 Å². The van der Waals surface area contributed by atoms with Crippen LogP contribution in [-0.4, -0.2) is 5.11 Å². The molecule has 0 aliphatic heterocycles. The fraction of sp³-hybridized carbons (Fsp3) is 0.143. The molecule has 0 saturated heterocycles. The average molecular weight is 407 g/mol. The van der Waals surface area contributed by atoms with Crippen molar-refractivity contribution in [3.8, 4) is 11.5 Å². The molecule has 0 aliphatic rings. The third-order valence-electron chi connectivity index (χ3n) is 2.54. The van der Waals surface area contributed by atoms with Gasteiger partial charge in [0.1, 0.15) is 11.5 Å². The lowest BCUT2D eigenvalue weighted by molar-refractivity contribution is 0.198. The van der Waals surface area contributed by atoms with Crippen LogP contribution in [0.2, 0.25) is 5.02 Å². The van der Waals surface area contributed by atoms with E-state index in [0.29, 0.717) is 16.5 Å². The summed E-state index contributed by atoms with van der Waals surface area (Å²) in [5.41, 5.74) is 0.822. The summed E-state index contributed by atoms with van der Waals surface area (Å²) in [6.07, 6.45) is -0.523. The predicted octanol–water partition coefficient (Wildman–Crippen LogP) is 5.71. The summed E-state index contributed by atoms with van der Waals surface area (Å²) >= 11 is 12.7. The van der Waals surface area contributed by atoms with Gasteiger partial charge in [0.15, 0.2) is 0 Å².